The van der Waals surface area contributed by atoms with Crippen molar-refractivity contribution in [3.63, 3.8) is 0 Å². The van der Waals surface area contributed by atoms with Crippen molar-refractivity contribution in [2.45, 2.75) is 18.9 Å². The van der Waals surface area contributed by atoms with E-state index < -0.39 is 5.41 Å². The van der Waals surface area contributed by atoms with Crippen molar-refractivity contribution in [3.05, 3.63) is 0 Å². The molecule has 0 aromatic carbocycles. The Kier molecular flexibility index (Phi) is 3.23. The first-order valence-corrected chi connectivity index (χ1v) is 5.43. The van der Waals surface area contributed by atoms with E-state index in [0.29, 0.717) is 33.0 Å². The molecule has 0 spiro atoms. The molecule has 0 unspecified atom stereocenters. The minimum atomic E-state index is -0.409. The average molecular weight is 214 g/mol. The summed E-state index contributed by atoms with van der Waals surface area (Å²) in [5.41, 5.74) is 5.32. The molecule has 0 radical (unpaired) electrons. The number of carbonyl (C=O) groups is 1. The molecule has 5 heteroatoms. The summed E-state index contributed by atoms with van der Waals surface area (Å²) in [6.07, 6.45) is 1.45. The topological polar surface area (TPSA) is 73.6 Å². The third-order valence-electron chi connectivity index (χ3n) is 3.30. The second-order valence-electron chi connectivity index (χ2n) is 4.30. The van der Waals surface area contributed by atoms with Gasteiger partial charge in [0.05, 0.1) is 24.7 Å². The maximum Gasteiger partial charge on any atom is 0.228 e. The summed E-state index contributed by atoms with van der Waals surface area (Å²) in [6, 6.07) is 0.184. The van der Waals surface area contributed by atoms with Gasteiger partial charge in [-0.3, -0.25) is 4.79 Å². The van der Waals surface area contributed by atoms with Gasteiger partial charge in [0.15, 0.2) is 0 Å². The first kappa shape index (κ1) is 10.9. The lowest BCUT2D eigenvalue weighted by Gasteiger charge is -2.37. The van der Waals surface area contributed by atoms with Gasteiger partial charge in [0.25, 0.3) is 0 Å². The summed E-state index contributed by atoms with van der Waals surface area (Å²) in [5, 5.41) is 2.98. The highest BCUT2D eigenvalue weighted by Gasteiger charge is 2.40. The predicted octanol–water partition coefficient (Wildman–Crippen LogP) is -0.743. The Bertz CT molecular complexity index is 235. The number of ether oxygens (including phenoxy) is 2. The lowest BCUT2D eigenvalue weighted by atomic mass is 9.79. The van der Waals surface area contributed by atoms with Gasteiger partial charge in [0, 0.05) is 19.8 Å². The van der Waals surface area contributed by atoms with Crippen LogP contribution >= 0.6 is 0 Å². The Morgan fingerprint density at radius 1 is 1.33 bits per heavy atom. The first-order valence-electron chi connectivity index (χ1n) is 5.43. The number of amides is 1. The standard InChI is InChI=1S/C10H18N2O3/c11-7-10(1-3-14-4-2-10)9(13)12-8-5-15-6-8/h8H,1-7,11H2,(H,12,13). The molecular weight excluding hydrogens is 196 g/mol. The zero-order valence-electron chi connectivity index (χ0n) is 8.83. The maximum atomic E-state index is 12.1. The van der Waals surface area contributed by atoms with Crippen LogP contribution in [0.25, 0.3) is 0 Å². The van der Waals surface area contributed by atoms with Crippen LogP contribution in [0.15, 0.2) is 0 Å². The molecular formula is C10H18N2O3. The van der Waals surface area contributed by atoms with E-state index in [4.69, 9.17) is 15.2 Å². The Labute approximate surface area is 89.3 Å². The molecule has 2 fully saturated rings. The number of nitrogens with one attached hydrogen (secondary N) is 1. The van der Waals surface area contributed by atoms with E-state index >= 15 is 0 Å². The van der Waals surface area contributed by atoms with Crippen LogP contribution in [0.1, 0.15) is 12.8 Å². The van der Waals surface area contributed by atoms with E-state index in [9.17, 15) is 4.79 Å². The summed E-state index contributed by atoms with van der Waals surface area (Å²) >= 11 is 0. The predicted molar refractivity (Wildman–Crippen MR) is 54.3 cm³/mol. The van der Waals surface area contributed by atoms with E-state index in [1.165, 1.54) is 0 Å². The molecule has 2 aliphatic rings. The third-order valence-corrected chi connectivity index (χ3v) is 3.30. The largest absolute Gasteiger partial charge is 0.381 e. The highest BCUT2D eigenvalue weighted by molar-refractivity contribution is 5.83. The molecule has 0 bridgehead atoms. The third kappa shape index (κ3) is 2.14. The van der Waals surface area contributed by atoms with E-state index in [2.05, 4.69) is 5.32 Å². The minimum Gasteiger partial charge on any atom is -0.381 e. The second kappa shape index (κ2) is 4.47. The monoisotopic (exact) mass is 214 g/mol. The fourth-order valence-electron chi connectivity index (χ4n) is 1.94. The van der Waals surface area contributed by atoms with Gasteiger partial charge in [-0.2, -0.15) is 0 Å². The average Bonchev–Trinajstić information content (AvgIpc) is 2.24. The number of hydrogen-bond acceptors (Lipinski definition) is 4. The van der Waals surface area contributed by atoms with Gasteiger partial charge in [-0.1, -0.05) is 0 Å². The van der Waals surface area contributed by atoms with Crippen LogP contribution < -0.4 is 11.1 Å². The molecule has 0 aromatic heterocycles. The molecule has 0 atom stereocenters. The van der Waals surface area contributed by atoms with Crippen LogP contribution in [-0.4, -0.2) is 44.9 Å². The highest BCUT2D eigenvalue weighted by Crippen LogP contribution is 2.29. The molecule has 3 N–H and O–H groups in total. The smallest absolute Gasteiger partial charge is 0.228 e. The fourth-order valence-corrected chi connectivity index (χ4v) is 1.94. The van der Waals surface area contributed by atoms with Crippen LogP contribution in [0.2, 0.25) is 0 Å². The van der Waals surface area contributed by atoms with E-state index in [1.807, 2.05) is 0 Å². The Morgan fingerprint density at radius 3 is 2.47 bits per heavy atom. The van der Waals surface area contributed by atoms with Crippen LogP contribution in [-0.2, 0) is 14.3 Å². The van der Waals surface area contributed by atoms with Crippen molar-refractivity contribution < 1.29 is 14.3 Å². The maximum absolute atomic E-state index is 12.1. The van der Waals surface area contributed by atoms with Crippen LogP contribution in [0.5, 0.6) is 0 Å². The number of hydrogen-bond donors (Lipinski definition) is 2. The summed E-state index contributed by atoms with van der Waals surface area (Å²) in [5.74, 6) is 0.0709. The molecule has 2 saturated heterocycles. The normalized spacial score (nSPS) is 25.7. The molecule has 0 aromatic rings. The molecule has 0 aliphatic carbocycles. The molecule has 5 nitrogen and oxygen atoms in total. The van der Waals surface area contributed by atoms with E-state index in [1.54, 1.807) is 0 Å². The molecule has 2 aliphatic heterocycles. The molecule has 2 rings (SSSR count). The summed E-state index contributed by atoms with van der Waals surface area (Å²) in [4.78, 5) is 12.1. The van der Waals surface area contributed by atoms with Crippen molar-refractivity contribution in [3.8, 4) is 0 Å². The van der Waals surface area contributed by atoms with E-state index in [-0.39, 0.29) is 11.9 Å². The zero-order chi connectivity index (χ0) is 10.7. The Hall–Kier alpha value is -0.650. The molecule has 2 heterocycles. The van der Waals surface area contributed by atoms with Gasteiger partial charge in [-0.05, 0) is 12.8 Å². The lowest BCUT2D eigenvalue weighted by Crippen LogP contribution is -2.56. The summed E-state index contributed by atoms with van der Waals surface area (Å²) < 4.78 is 10.3. The summed E-state index contributed by atoms with van der Waals surface area (Å²) in [6.45, 7) is 2.92. The van der Waals surface area contributed by atoms with Crippen molar-refractivity contribution >= 4 is 5.91 Å². The van der Waals surface area contributed by atoms with Gasteiger partial charge in [0.1, 0.15) is 0 Å². The first-order chi connectivity index (χ1) is 7.27. The molecule has 0 saturated carbocycles. The molecule has 15 heavy (non-hydrogen) atoms. The fraction of sp³-hybridized carbons (Fsp3) is 0.900. The summed E-state index contributed by atoms with van der Waals surface area (Å²) in [7, 11) is 0. The van der Waals surface area contributed by atoms with Gasteiger partial charge in [-0.25, -0.2) is 0 Å². The van der Waals surface area contributed by atoms with Gasteiger partial charge < -0.3 is 20.5 Å². The SMILES string of the molecule is NCC1(C(=O)NC2COC2)CCOCC1. The zero-order valence-corrected chi connectivity index (χ0v) is 8.83. The Morgan fingerprint density at radius 2 is 2.00 bits per heavy atom. The van der Waals surface area contributed by atoms with Crippen molar-refractivity contribution in [1.82, 2.24) is 5.32 Å². The van der Waals surface area contributed by atoms with Gasteiger partial charge in [-0.15, -0.1) is 0 Å². The number of rotatable bonds is 3. The van der Waals surface area contributed by atoms with E-state index in [0.717, 1.165) is 12.8 Å². The lowest BCUT2D eigenvalue weighted by molar-refractivity contribution is -0.140. The van der Waals surface area contributed by atoms with Crippen LogP contribution in [0, 0.1) is 5.41 Å². The van der Waals surface area contributed by atoms with Crippen LogP contribution in [0.3, 0.4) is 0 Å². The van der Waals surface area contributed by atoms with Crippen molar-refractivity contribution in [1.29, 1.82) is 0 Å². The van der Waals surface area contributed by atoms with Crippen LogP contribution in [0.4, 0.5) is 0 Å². The van der Waals surface area contributed by atoms with Crippen molar-refractivity contribution in [2.75, 3.05) is 33.0 Å². The van der Waals surface area contributed by atoms with Crippen molar-refractivity contribution in [2.24, 2.45) is 11.1 Å². The Balaban J connectivity index is 1.93. The second-order valence-corrected chi connectivity index (χ2v) is 4.30. The highest BCUT2D eigenvalue weighted by atomic mass is 16.5. The quantitative estimate of drug-likeness (QED) is 0.649. The van der Waals surface area contributed by atoms with Gasteiger partial charge >= 0.3 is 0 Å². The molecule has 1 amide bonds. The number of carbonyl (C=O) groups excluding carboxylic acids is 1. The minimum absolute atomic E-state index is 0.0709. The molecule has 86 valence electrons. The van der Waals surface area contributed by atoms with Gasteiger partial charge in [0.2, 0.25) is 5.91 Å². The number of nitrogens with two attached hydrogens (primary N) is 1.